The number of phenolic OH excluding ortho intramolecular Hbond substituents is 3. The molecule has 40 heteroatoms. The Bertz CT molecular complexity index is 5070. The van der Waals surface area contributed by atoms with Crippen LogP contribution < -0.4 is 66.6 Å². The fourth-order valence-electron chi connectivity index (χ4n) is 15.1. The Morgan fingerprint density at radius 1 is 0.496 bits per heavy atom. The lowest BCUT2D eigenvalue weighted by Gasteiger charge is -2.42. The molecule has 2 unspecified atom stereocenters. The lowest BCUT2D eigenvalue weighted by atomic mass is 9.89. The second-order valence-electron chi connectivity index (χ2n) is 29.5. The van der Waals surface area contributed by atoms with Gasteiger partial charge in [0.15, 0.2) is 47.2 Å². The van der Waals surface area contributed by atoms with Gasteiger partial charge in [0.2, 0.25) is 47.5 Å². The van der Waals surface area contributed by atoms with E-state index >= 15 is 24.0 Å². The maximum atomic E-state index is 16.7. The molecule has 8 heterocycles. The van der Waals surface area contributed by atoms with Crippen LogP contribution in [0.1, 0.15) is 133 Å². The van der Waals surface area contributed by atoms with Gasteiger partial charge in [-0.05, 0) is 133 Å². The molecule has 15 rings (SSSR count). The first kappa shape index (κ1) is 88.6. The summed E-state index contributed by atoms with van der Waals surface area (Å²) in [5.74, 6) is -16.8. The number of aliphatic carboxylic acids is 1. The molecule has 0 aromatic heterocycles. The van der Waals surface area contributed by atoms with Crippen molar-refractivity contribution < 1.29 is 138 Å². The third-order valence-electron chi connectivity index (χ3n) is 21.5. The summed E-state index contributed by atoms with van der Waals surface area (Å²) in [5, 5.41) is 166. The van der Waals surface area contributed by atoms with Crippen LogP contribution in [-0.4, -0.2) is 215 Å². The van der Waals surface area contributed by atoms with E-state index in [1.807, 2.05) is 0 Å². The number of phenols is 3. The quantitative estimate of drug-likeness (QED) is 0.0499. The summed E-state index contributed by atoms with van der Waals surface area (Å²) in [6.07, 6.45) is -16.6. The van der Waals surface area contributed by atoms with Gasteiger partial charge in [-0.3, -0.25) is 28.8 Å². The van der Waals surface area contributed by atoms with E-state index in [4.69, 9.17) is 90.0 Å². The molecule has 6 amide bonds. The number of fused-ring (bicyclic) bond motifs is 14. The number of aromatic hydroxyl groups is 3. The molecule has 121 heavy (non-hydrogen) atoms. The number of halogens is 4. The van der Waals surface area contributed by atoms with Gasteiger partial charge in [0.1, 0.15) is 120 Å². The number of amides is 6. The van der Waals surface area contributed by atoms with Gasteiger partial charge in [0.05, 0.1) is 33.3 Å². The van der Waals surface area contributed by atoms with Crippen molar-refractivity contribution in [2.75, 3.05) is 33.4 Å². The zero-order chi connectivity index (χ0) is 86.7. The van der Waals surface area contributed by atoms with Crippen molar-refractivity contribution in [1.82, 2.24) is 37.2 Å². The first-order valence-corrected chi connectivity index (χ1v) is 39.9. The van der Waals surface area contributed by atoms with Crippen LogP contribution in [0.3, 0.4) is 0 Å². The highest BCUT2D eigenvalue weighted by molar-refractivity contribution is 6.37. The van der Waals surface area contributed by atoms with E-state index in [0.29, 0.717) is 19.4 Å². The lowest BCUT2D eigenvalue weighted by molar-refractivity contribution is -0.286. The highest BCUT2D eigenvalue weighted by Crippen LogP contribution is 2.52. The van der Waals surface area contributed by atoms with Gasteiger partial charge < -0.3 is 147 Å². The molecule has 7 aromatic rings. The number of carbonyl (C=O) groups is 7. The van der Waals surface area contributed by atoms with Crippen molar-refractivity contribution in [3.05, 3.63) is 168 Å². The molecule has 19 atom stereocenters. The molecule has 36 nitrogen and oxygen atoms in total. The molecule has 8 aliphatic heterocycles. The number of aliphatic hydroxyl groups is 9. The Morgan fingerprint density at radius 2 is 1.07 bits per heavy atom. The summed E-state index contributed by atoms with van der Waals surface area (Å²) in [6.45, 7) is -1.27. The molecule has 0 radical (unpaired) electrons. The van der Waals surface area contributed by atoms with Crippen LogP contribution in [0.25, 0.3) is 11.1 Å². The van der Waals surface area contributed by atoms with Crippen molar-refractivity contribution in [2.24, 2.45) is 5.73 Å². The first-order chi connectivity index (χ1) is 57.9. The van der Waals surface area contributed by atoms with Crippen LogP contribution >= 0.6 is 46.4 Å². The number of unbranched alkanes of at least 4 members (excludes halogenated alkanes) is 7. The highest BCUT2D eigenvalue weighted by atomic mass is 35.5. The second kappa shape index (κ2) is 38.1. The topological polar surface area (TPSA) is 567 Å². The number of rotatable bonds is 19. The van der Waals surface area contributed by atoms with Crippen molar-refractivity contribution in [2.45, 2.75) is 167 Å². The molecule has 22 N–H and O–H groups in total. The number of nitrogens with two attached hydrogens (primary N) is 1. The van der Waals surface area contributed by atoms with Gasteiger partial charge in [0.25, 0.3) is 0 Å². The van der Waals surface area contributed by atoms with Crippen molar-refractivity contribution in [3.63, 3.8) is 0 Å². The maximum Gasteiger partial charge on any atom is 0.330 e. The van der Waals surface area contributed by atoms with Crippen molar-refractivity contribution in [1.29, 1.82) is 0 Å². The molecule has 2 saturated heterocycles. The Labute approximate surface area is 708 Å². The van der Waals surface area contributed by atoms with Gasteiger partial charge in [-0.1, -0.05) is 115 Å². The number of aliphatic hydroxyl groups excluding tert-OH is 9. The molecule has 2 fully saturated rings. The molecule has 8 aliphatic rings. The van der Waals surface area contributed by atoms with Crippen molar-refractivity contribution in [3.8, 4) is 74.4 Å². The zero-order valence-electron chi connectivity index (χ0n) is 63.9. The summed E-state index contributed by atoms with van der Waals surface area (Å²) in [6, 6.07) is 4.11. The largest absolute Gasteiger partial charge is 0.507 e. The Hall–Kier alpha value is -10.2. The van der Waals surface area contributed by atoms with E-state index in [1.165, 1.54) is 37.4 Å². The van der Waals surface area contributed by atoms with E-state index in [2.05, 4.69) is 37.2 Å². The third kappa shape index (κ3) is 18.8. The summed E-state index contributed by atoms with van der Waals surface area (Å²) < 4.78 is 50.0. The van der Waals surface area contributed by atoms with E-state index in [1.54, 1.807) is 0 Å². The van der Waals surface area contributed by atoms with Crippen LogP contribution in [0, 0.1) is 0 Å². The number of hydrogen-bond acceptors (Lipinski definition) is 29. The molecular formula is C81H86Cl4N8O28. The molecular weight excluding hydrogens is 1670 g/mol. The number of carbonyl (C=O) groups excluding carboxylic acids is 6. The smallest absolute Gasteiger partial charge is 0.330 e. The average molecular weight is 1760 g/mol. The van der Waals surface area contributed by atoms with E-state index in [9.17, 15) is 76.0 Å². The Balaban J connectivity index is 1.04. The molecule has 7 aromatic carbocycles. The normalized spacial score (nSPS) is 27.3. The summed E-state index contributed by atoms with van der Waals surface area (Å²) in [5.41, 5.74) is 2.09. The minimum absolute atomic E-state index is 0.0314. The van der Waals surface area contributed by atoms with Crippen LogP contribution in [0.2, 0.25) is 20.1 Å². The van der Waals surface area contributed by atoms with Gasteiger partial charge in [0, 0.05) is 29.4 Å². The van der Waals surface area contributed by atoms with E-state index in [0.717, 1.165) is 117 Å². The SMILES string of the molecule is CN[C@H]1C(=O)N[C@H]2C(=O)N[C@H](C(=O)N[C@H]3C(=O)N[C@H]4C(=O)NC(C(=O)NC(C(=O)O)c5cccc(O[C@@H]6[C@@H](O)[C@H](O)[C@@H](CO)O[C@@H]6O)c5-c5cc4ccc5O)[C@H](O)c4cc(Cl)c(c(Cl)c4)Oc4cc3cc(c4O[C@H]3O[C@H](CO)[C@H](O)[C@H](OCCCCCCCCCCN)[C@H]3O)Oc3ccc(cc3Cl)[C@H]2O)c2cc(cc(O)c2Cl)Oc2cc1ccc2O. The lowest BCUT2D eigenvalue weighted by Crippen LogP contribution is -2.61. The van der Waals surface area contributed by atoms with Crippen molar-refractivity contribution >= 4 is 87.8 Å². The van der Waals surface area contributed by atoms with Crippen LogP contribution in [-0.2, 0) is 47.8 Å². The van der Waals surface area contributed by atoms with Crippen LogP contribution in [0.4, 0.5) is 0 Å². The summed E-state index contributed by atoms with van der Waals surface area (Å²) in [4.78, 5) is 109. The number of likely N-dealkylation sites (N-methyl/N-ethyl adjacent to an activating group) is 1. The predicted octanol–water partition coefficient (Wildman–Crippen LogP) is 4.39. The van der Waals surface area contributed by atoms with Gasteiger partial charge in [-0.25, -0.2) is 4.79 Å². The number of carboxylic acids is 1. The second-order valence-corrected chi connectivity index (χ2v) is 31.1. The maximum absolute atomic E-state index is 16.7. The number of ether oxygens (including phenoxy) is 8. The zero-order valence-corrected chi connectivity index (χ0v) is 66.9. The Kier molecular flexibility index (Phi) is 27.9. The molecule has 17 bridgehead atoms. The third-order valence-corrected chi connectivity index (χ3v) is 22.7. The predicted molar refractivity (Wildman–Crippen MR) is 425 cm³/mol. The van der Waals surface area contributed by atoms with Gasteiger partial charge >= 0.3 is 5.97 Å². The highest BCUT2D eigenvalue weighted by Gasteiger charge is 2.50. The first-order valence-electron chi connectivity index (χ1n) is 38.4. The number of hydrogen-bond donors (Lipinski definition) is 21. The van der Waals surface area contributed by atoms with Gasteiger partial charge in [-0.15, -0.1) is 0 Å². The van der Waals surface area contributed by atoms with E-state index in [-0.39, 0.29) is 29.2 Å². The Morgan fingerprint density at radius 3 is 1.74 bits per heavy atom. The number of benzene rings is 7. The standard InChI is InChI=1S/C81H86Cl4N8O28/c1-87-56-33-14-17-45(97)49(25-33)115-37-28-40(55(85)46(98)29-37)59-76(108)89-58-35-26-50(116-47-18-15-34(22-41(47)82)63(99)61(77(109)90-59)92-73(56)105)70(121-81-68(104)71(66(102)53(31-95)120-81)114-20-9-7-5-3-2-4-6-8-19-86)51(27-35)118-69-42(83)23-36(24-43(69)84)64(100)62-78(110)91-60(79(111)112)38-11-10-12-48(117-72-67(103)65(101)52(30-94)119-80(72)113)54(38)39-21-32(13-16-44(39)96)57(74(106)93-62)88-75(58)107/h10-18,21-29,52-53,56-68,71-72,80-81,87,94-104,113H,2-9,19-20,30-31,86H2,1H3,(H,88,107)(H,89,108)(H,90,109)(H,91,110)(H,92,105)(H,93,106)(H,111,112)/t52-,53-,56-,57-,58-,59+,60?,61-,62?,63-,64-,65-,66+,67+,68-,71+,72-,80+,81-/m1/s1. The molecule has 0 spiro atoms. The minimum atomic E-state index is -2.49. The fraction of sp³-hybridized carbons (Fsp3) is 0.395. The molecule has 0 aliphatic carbocycles. The minimum Gasteiger partial charge on any atom is -0.507 e. The van der Waals surface area contributed by atoms with E-state index < -0.39 is 281 Å². The number of carboxylic acid groups (broad SMARTS) is 1. The summed E-state index contributed by atoms with van der Waals surface area (Å²) >= 11 is 28.6. The van der Waals surface area contributed by atoms with Gasteiger partial charge in [-0.2, -0.15) is 0 Å². The fourth-order valence-corrected chi connectivity index (χ4v) is 16.1. The molecule has 0 saturated carbocycles. The molecule has 646 valence electrons. The summed E-state index contributed by atoms with van der Waals surface area (Å²) in [7, 11) is 1.37. The van der Waals surface area contributed by atoms with Crippen LogP contribution in [0.15, 0.2) is 109 Å². The van der Waals surface area contributed by atoms with Crippen LogP contribution in [0.5, 0.6) is 63.2 Å². The number of nitrogens with one attached hydrogen (secondary N) is 7. The average Bonchev–Trinajstić information content (AvgIpc) is 0.928. The monoisotopic (exact) mass is 1760 g/mol.